The van der Waals surface area contributed by atoms with Crippen molar-refractivity contribution in [2.75, 3.05) is 26.2 Å². The van der Waals surface area contributed by atoms with Gasteiger partial charge in [-0.15, -0.1) is 0 Å². The van der Waals surface area contributed by atoms with Crippen LogP contribution in [0.25, 0.3) is 0 Å². The van der Waals surface area contributed by atoms with Crippen LogP contribution in [0.4, 0.5) is 0 Å². The highest BCUT2D eigenvalue weighted by Crippen LogP contribution is 2.17. The molecule has 1 heterocycles. The molecule has 1 aromatic carbocycles. The summed E-state index contributed by atoms with van der Waals surface area (Å²) in [5.41, 5.74) is 0.639. The Balaban J connectivity index is 1.98. The third-order valence-corrected chi connectivity index (χ3v) is 5.47. The Hall–Kier alpha value is -1.41. The number of carbonyl (C=O) groups is 1. The van der Waals surface area contributed by atoms with E-state index in [-0.39, 0.29) is 30.9 Å². The molecule has 1 aliphatic heterocycles. The molecular formula is C15H19ClN2O4S. The largest absolute Gasteiger partial charge is 0.374 e. The summed E-state index contributed by atoms with van der Waals surface area (Å²) in [7, 11) is -3.47. The maximum absolute atomic E-state index is 12.5. The van der Waals surface area contributed by atoms with E-state index in [0.29, 0.717) is 23.7 Å². The van der Waals surface area contributed by atoms with E-state index in [1.165, 1.54) is 4.31 Å². The second-order valence-corrected chi connectivity index (χ2v) is 7.59. The van der Waals surface area contributed by atoms with Gasteiger partial charge >= 0.3 is 0 Å². The van der Waals surface area contributed by atoms with E-state index in [9.17, 15) is 13.2 Å². The third kappa shape index (κ3) is 5.31. The van der Waals surface area contributed by atoms with Gasteiger partial charge in [-0.3, -0.25) is 4.79 Å². The third-order valence-electron chi connectivity index (χ3n) is 3.42. The fourth-order valence-corrected chi connectivity index (χ4v) is 4.03. The predicted molar refractivity (Wildman–Crippen MR) is 88.6 cm³/mol. The number of morpholine rings is 1. The standard InChI is InChI=1S/C15H19ClN2O4S/c1-2-15(19)17-9-14-10-18(6-7-22-14)23(20,21)11-12-4-3-5-13(16)8-12/h2-5,8,14H,1,6-7,9-11H2,(H,17,19)/t14-/m0/s1. The van der Waals surface area contributed by atoms with E-state index in [1.807, 2.05) is 0 Å². The van der Waals surface area contributed by atoms with Gasteiger partial charge in [0.2, 0.25) is 15.9 Å². The highest BCUT2D eigenvalue weighted by atomic mass is 35.5. The van der Waals surface area contributed by atoms with Crippen molar-refractivity contribution >= 4 is 27.5 Å². The number of hydrogen-bond acceptors (Lipinski definition) is 4. The van der Waals surface area contributed by atoms with Crippen LogP contribution in [0.3, 0.4) is 0 Å². The average molecular weight is 359 g/mol. The van der Waals surface area contributed by atoms with E-state index in [2.05, 4.69) is 11.9 Å². The van der Waals surface area contributed by atoms with Crippen molar-refractivity contribution in [3.63, 3.8) is 0 Å². The van der Waals surface area contributed by atoms with Crippen molar-refractivity contribution in [3.8, 4) is 0 Å². The summed E-state index contributed by atoms with van der Waals surface area (Å²) in [6, 6.07) is 6.79. The quantitative estimate of drug-likeness (QED) is 0.775. The molecule has 1 atom stereocenters. The van der Waals surface area contributed by atoms with Crippen LogP contribution in [-0.2, 0) is 25.3 Å². The topological polar surface area (TPSA) is 75.7 Å². The number of ether oxygens (including phenoxy) is 1. The summed E-state index contributed by atoms with van der Waals surface area (Å²) in [5, 5.41) is 3.11. The number of nitrogens with one attached hydrogen (secondary N) is 1. The van der Waals surface area contributed by atoms with Crippen LogP contribution < -0.4 is 5.32 Å². The van der Waals surface area contributed by atoms with E-state index in [0.717, 1.165) is 6.08 Å². The molecule has 0 spiro atoms. The average Bonchev–Trinajstić information content (AvgIpc) is 2.52. The van der Waals surface area contributed by atoms with Crippen LogP contribution in [-0.4, -0.2) is 51.0 Å². The number of hydrogen-bond donors (Lipinski definition) is 1. The molecule has 1 saturated heterocycles. The zero-order valence-electron chi connectivity index (χ0n) is 12.6. The molecule has 1 fully saturated rings. The van der Waals surface area contributed by atoms with Crippen molar-refractivity contribution in [3.05, 3.63) is 47.5 Å². The van der Waals surface area contributed by atoms with Gasteiger partial charge in [0, 0.05) is 24.7 Å². The first-order chi connectivity index (χ1) is 10.9. The lowest BCUT2D eigenvalue weighted by Gasteiger charge is -2.32. The highest BCUT2D eigenvalue weighted by Gasteiger charge is 2.29. The van der Waals surface area contributed by atoms with Crippen molar-refractivity contribution < 1.29 is 17.9 Å². The summed E-state index contributed by atoms with van der Waals surface area (Å²) >= 11 is 5.89. The molecule has 0 saturated carbocycles. The van der Waals surface area contributed by atoms with Gasteiger partial charge < -0.3 is 10.1 Å². The van der Waals surface area contributed by atoms with Crippen LogP contribution in [0.2, 0.25) is 5.02 Å². The molecule has 8 heteroatoms. The van der Waals surface area contributed by atoms with Gasteiger partial charge in [-0.25, -0.2) is 8.42 Å². The van der Waals surface area contributed by atoms with Gasteiger partial charge in [0.1, 0.15) is 0 Å². The molecule has 1 aromatic rings. The van der Waals surface area contributed by atoms with Crippen LogP contribution >= 0.6 is 11.6 Å². The van der Waals surface area contributed by atoms with Crippen LogP contribution in [0, 0.1) is 0 Å². The first-order valence-corrected chi connectivity index (χ1v) is 9.13. The van der Waals surface area contributed by atoms with Gasteiger partial charge in [0.15, 0.2) is 0 Å². The molecule has 0 aromatic heterocycles. The zero-order chi connectivity index (χ0) is 16.9. The first-order valence-electron chi connectivity index (χ1n) is 7.15. The van der Waals surface area contributed by atoms with Crippen LogP contribution in [0.5, 0.6) is 0 Å². The van der Waals surface area contributed by atoms with Gasteiger partial charge in [-0.05, 0) is 23.8 Å². The number of carbonyl (C=O) groups excluding carboxylic acids is 1. The van der Waals surface area contributed by atoms with Crippen molar-refractivity contribution in [2.45, 2.75) is 11.9 Å². The molecule has 0 bridgehead atoms. The second-order valence-electron chi connectivity index (χ2n) is 5.19. The normalized spacial score (nSPS) is 19.3. The van der Waals surface area contributed by atoms with Crippen molar-refractivity contribution in [1.82, 2.24) is 9.62 Å². The Bertz CT molecular complexity index is 678. The maximum Gasteiger partial charge on any atom is 0.243 e. The minimum Gasteiger partial charge on any atom is -0.374 e. The SMILES string of the molecule is C=CC(=O)NC[C@H]1CN(S(=O)(=O)Cc2cccc(Cl)c2)CCO1. The Kier molecular flexibility index (Phi) is 6.17. The Morgan fingerprint density at radius 3 is 3.00 bits per heavy atom. The molecule has 0 unspecified atom stereocenters. The number of nitrogens with zero attached hydrogens (tertiary/aromatic N) is 1. The first kappa shape index (κ1) is 17.9. The van der Waals surface area contributed by atoms with E-state index >= 15 is 0 Å². The molecular weight excluding hydrogens is 340 g/mol. The molecule has 0 aliphatic carbocycles. The maximum atomic E-state index is 12.5. The van der Waals surface area contributed by atoms with Crippen LogP contribution in [0.1, 0.15) is 5.56 Å². The highest BCUT2D eigenvalue weighted by molar-refractivity contribution is 7.88. The smallest absolute Gasteiger partial charge is 0.243 e. The van der Waals surface area contributed by atoms with E-state index < -0.39 is 10.0 Å². The van der Waals surface area contributed by atoms with Gasteiger partial charge in [-0.1, -0.05) is 30.3 Å². The molecule has 1 N–H and O–H groups in total. The minimum absolute atomic E-state index is 0.112. The summed E-state index contributed by atoms with van der Waals surface area (Å²) in [6.45, 7) is 4.41. The lowest BCUT2D eigenvalue weighted by molar-refractivity contribution is -0.117. The van der Waals surface area contributed by atoms with Gasteiger partial charge in [0.25, 0.3) is 0 Å². The van der Waals surface area contributed by atoms with E-state index in [4.69, 9.17) is 16.3 Å². The van der Waals surface area contributed by atoms with Gasteiger partial charge in [0.05, 0.1) is 18.5 Å². The second kappa shape index (κ2) is 7.92. The fourth-order valence-electron chi connectivity index (χ4n) is 2.28. The molecule has 6 nitrogen and oxygen atoms in total. The fraction of sp³-hybridized carbons (Fsp3) is 0.400. The number of halogens is 1. The molecule has 1 aliphatic rings. The summed E-state index contributed by atoms with van der Waals surface area (Å²) in [5.74, 6) is -0.424. The minimum atomic E-state index is -3.47. The number of sulfonamides is 1. The number of rotatable bonds is 6. The predicted octanol–water partition coefficient (Wildman–Crippen LogP) is 1.17. The van der Waals surface area contributed by atoms with E-state index in [1.54, 1.807) is 24.3 Å². The monoisotopic (exact) mass is 358 g/mol. The van der Waals surface area contributed by atoms with Crippen molar-refractivity contribution in [1.29, 1.82) is 0 Å². The summed E-state index contributed by atoms with van der Waals surface area (Å²) < 4.78 is 31.9. The number of benzene rings is 1. The molecule has 2 rings (SSSR count). The number of amides is 1. The molecule has 0 radical (unpaired) electrons. The Labute approximate surface area is 141 Å². The zero-order valence-corrected chi connectivity index (χ0v) is 14.1. The molecule has 1 amide bonds. The Morgan fingerprint density at radius 1 is 1.52 bits per heavy atom. The molecule has 126 valence electrons. The lowest BCUT2D eigenvalue weighted by Crippen LogP contribution is -2.49. The summed E-state index contributed by atoms with van der Waals surface area (Å²) in [4.78, 5) is 11.2. The lowest BCUT2D eigenvalue weighted by atomic mass is 10.2. The summed E-state index contributed by atoms with van der Waals surface area (Å²) in [6.07, 6.45) is 0.790. The molecule has 23 heavy (non-hydrogen) atoms. The van der Waals surface area contributed by atoms with Crippen molar-refractivity contribution in [2.24, 2.45) is 0 Å². The van der Waals surface area contributed by atoms with Gasteiger partial charge in [-0.2, -0.15) is 4.31 Å². The van der Waals surface area contributed by atoms with Crippen LogP contribution in [0.15, 0.2) is 36.9 Å². The Morgan fingerprint density at radius 2 is 2.30 bits per heavy atom.